The van der Waals surface area contributed by atoms with Crippen molar-refractivity contribution in [3.05, 3.63) is 60.7 Å². The number of aromatic nitrogens is 2. The van der Waals surface area contributed by atoms with Gasteiger partial charge in [0, 0.05) is 10.8 Å². The molecule has 6 nitrogen and oxygen atoms in total. The lowest BCUT2D eigenvalue weighted by Crippen LogP contribution is -2.24. The highest BCUT2D eigenvalue weighted by molar-refractivity contribution is 7.91. The van der Waals surface area contributed by atoms with Gasteiger partial charge in [0.25, 0.3) is 0 Å². The first-order valence-electron chi connectivity index (χ1n) is 11.1. The number of H-pyrrole nitrogens is 1. The molecular formula is C25H29N3O3S. The van der Waals surface area contributed by atoms with Gasteiger partial charge in [-0.3, -0.25) is 5.10 Å². The molecule has 168 valence electrons. The summed E-state index contributed by atoms with van der Waals surface area (Å²) in [4.78, 5) is 2.66. The second-order valence-corrected chi connectivity index (χ2v) is 9.65. The predicted molar refractivity (Wildman–Crippen MR) is 128 cm³/mol. The lowest BCUT2D eigenvalue weighted by Gasteiger charge is -2.17. The molecule has 0 aliphatic heterocycles. The zero-order valence-electron chi connectivity index (χ0n) is 18.5. The largest absolute Gasteiger partial charge is 0.494 e. The van der Waals surface area contributed by atoms with Crippen LogP contribution in [0.15, 0.2) is 70.6 Å². The maximum atomic E-state index is 13.5. The molecule has 0 fully saturated rings. The summed E-state index contributed by atoms with van der Waals surface area (Å²) in [5.74, 6) is 0.649. The Morgan fingerprint density at radius 3 is 2.53 bits per heavy atom. The normalized spacial score (nSPS) is 12.1. The highest BCUT2D eigenvalue weighted by Crippen LogP contribution is 2.32. The van der Waals surface area contributed by atoms with Gasteiger partial charge in [0.2, 0.25) is 9.84 Å². The van der Waals surface area contributed by atoms with E-state index in [9.17, 15) is 8.42 Å². The molecule has 0 aliphatic rings. The van der Waals surface area contributed by atoms with E-state index in [0.29, 0.717) is 28.6 Å². The Kier molecular flexibility index (Phi) is 6.77. The number of nitrogens with zero attached hydrogens (tertiary/aromatic N) is 2. The fourth-order valence-electron chi connectivity index (χ4n) is 3.97. The van der Waals surface area contributed by atoms with E-state index in [4.69, 9.17) is 4.74 Å². The van der Waals surface area contributed by atoms with E-state index in [1.807, 2.05) is 36.4 Å². The summed E-state index contributed by atoms with van der Waals surface area (Å²) in [6.07, 6.45) is 2.01. The average Bonchev–Trinajstić information content (AvgIpc) is 3.25. The number of benzene rings is 3. The minimum atomic E-state index is -3.79. The fourth-order valence-corrected chi connectivity index (χ4v) is 5.54. The molecule has 0 unspecified atom stereocenters. The van der Waals surface area contributed by atoms with Gasteiger partial charge in [-0.2, -0.15) is 5.10 Å². The van der Waals surface area contributed by atoms with E-state index in [2.05, 4.69) is 28.9 Å². The number of fused-ring (bicyclic) bond motifs is 2. The fraction of sp³-hybridized carbons (Fsp3) is 0.320. The minimum Gasteiger partial charge on any atom is -0.494 e. The number of rotatable bonds is 10. The summed E-state index contributed by atoms with van der Waals surface area (Å²) < 4.78 is 33.0. The Morgan fingerprint density at radius 2 is 1.72 bits per heavy atom. The van der Waals surface area contributed by atoms with Gasteiger partial charge in [-0.05, 0) is 62.1 Å². The van der Waals surface area contributed by atoms with Gasteiger partial charge in [-0.25, -0.2) is 8.42 Å². The molecule has 0 bridgehead atoms. The third-order valence-corrected chi connectivity index (χ3v) is 7.61. The molecule has 4 aromatic rings. The van der Waals surface area contributed by atoms with Crippen LogP contribution in [0.4, 0.5) is 0 Å². The Balaban J connectivity index is 1.56. The molecule has 32 heavy (non-hydrogen) atoms. The highest BCUT2D eigenvalue weighted by Gasteiger charge is 2.25. The molecule has 7 heteroatoms. The summed E-state index contributed by atoms with van der Waals surface area (Å²) in [5, 5.41) is 9.17. The summed E-state index contributed by atoms with van der Waals surface area (Å²) in [5.41, 5.74) is 0.595. The number of sulfone groups is 1. The van der Waals surface area contributed by atoms with E-state index in [1.54, 1.807) is 24.3 Å². The van der Waals surface area contributed by atoms with Crippen LogP contribution in [-0.2, 0) is 9.84 Å². The Labute approximate surface area is 189 Å². The Hall–Kier alpha value is -2.90. The van der Waals surface area contributed by atoms with Gasteiger partial charge < -0.3 is 9.64 Å². The zero-order valence-corrected chi connectivity index (χ0v) is 19.4. The third kappa shape index (κ3) is 4.49. The second-order valence-electron chi connectivity index (χ2n) is 7.79. The maximum Gasteiger partial charge on any atom is 0.224 e. The molecule has 0 atom stereocenters. The van der Waals surface area contributed by atoms with Crippen molar-refractivity contribution in [2.75, 3.05) is 26.2 Å². The smallest absolute Gasteiger partial charge is 0.224 e. The van der Waals surface area contributed by atoms with Crippen LogP contribution in [0, 0.1) is 0 Å². The molecule has 0 saturated heterocycles. The minimum absolute atomic E-state index is 0.0934. The number of ether oxygens (including phenoxy) is 1. The molecule has 0 aliphatic carbocycles. The summed E-state index contributed by atoms with van der Waals surface area (Å²) >= 11 is 0. The number of unbranched alkanes of at least 4 members (excludes halogenated alkanes) is 1. The first kappa shape index (κ1) is 22.3. The van der Waals surface area contributed by atoms with E-state index in [-0.39, 0.29) is 9.92 Å². The van der Waals surface area contributed by atoms with Crippen LogP contribution in [0.2, 0.25) is 0 Å². The summed E-state index contributed by atoms with van der Waals surface area (Å²) in [7, 11) is -3.79. The van der Waals surface area contributed by atoms with Crippen molar-refractivity contribution in [1.29, 1.82) is 0 Å². The van der Waals surface area contributed by atoms with Gasteiger partial charge in [-0.15, -0.1) is 0 Å². The molecule has 0 saturated carbocycles. The molecule has 1 aromatic heterocycles. The van der Waals surface area contributed by atoms with Crippen LogP contribution >= 0.6 is 0 Å². The van der Waals surface area contributed by atoms with E-state index < -0.39 is 9.84 Å². The highest BCUT2D eigenvalue weighted by atomic mass is 32.2. The van der Waals surface area contributed by atoms with Gasteiger partial charge in [0.1, 0.15) is 5.75 Å². The number of hydrogen-bond acceptors (Lipinski definition) is 5. The molecule has 1 N–H and O–H groups in total. The monoisotopic (exact) mass is 451 g/mol. The summed E-state index contributed by atoms with van der Waals surface area (Å²) in [6.45, 7) is 8.11. The van der Waals surface area contributed by atoms with Gasteiger partial charge in [-0.1, -0.05) is 50.2 Å². The number of aromatic amines is 1. The average molecular weight is 452 g/mol. The van der Waals surface area contributed by atoms with Gasteiger partial charge >= 0.3 is 0 Å². The second kappa shape index (κ2) is 9.71. The van der Waals surface area contributed by atoms with E-state index >= 15 is 0 Å². The standard InChI is InChI=1S/C25H29N3O3S/c1-3-28(4-2)16-7-8-17-31-20-14-15-23-22(18-20)25(27-26-23)32(29,30)24-13-9-11-19-10-5-6-12-21(19)24/h5-6,9-15,18H,3-4,7-8,16-17H2,1-2H3,(H,26,27). The van der Waals surface area contributed by atoms with Crippen molar-refractivity contribution in [2.24, 2.45) is 0 Å². The SMILES string of the molecule is CCN(CC)CCCCOc1ccc2n[nH]c(S(=O)(=O)c3cccc4ccccc34)c2c1. The van der Waals surface area contributed by atoms with Gasteiger partial charge in [0.05, 0.1) is 17.0 Å². The van der Waals surface area contributed by atoms with Crippen LogP contribution in [0.5, 0.6) is 5.75 Å². The van der Waals surface area contributed by atoms with Crippen LogP contribution in [0.25, 0.3) is 21.7 Å². The topological polar surface area (TPSA) is 75.3 Å². The van der Waals surface area contributed by atoms with Gasteiger partial charge in [0.15, 0.2) is 5.03 Å². The Morgan fingerprint density at radius 1 is 0.938 bits per heavy atom. The molecule has 0 amide bonds. The summed E-state index contributed by atoms with van der Waals surface area (Å²) in [6, 6.07) is 18.2. The van der Waals surface area contributed by atoms with E-state index in [1.165, 1.54) is 0 Å². The molecular weight excluding hydrogens is 422 g/mol. The van der Waals surface area contributed by atoms with Crippen LogP contribution < -0.4 is 4.74 Å². The third-order valence-electron chi connectivity index (χ3n) is 5.83. The molecule has 1 heterocycles. The van der Waals surface area contributed by atoms with Crippen molar-refractivity contribution in [3.8, 4) is 5.75 Å². The van der Waals surface area contributed by atoms with Crippen molar-refractivity contribution >= 4 is 31.5 Å². The van der Waals surface area contributed by atoms with Crippen molar-refractivity contribution in [1.82, 2.24) is 15.1 Å². The van der Waals surface area contributed by atoms with Crippen molar-refractivity contribution < 1.29 is 13.2 Å². The molecule has 3 aromatic carbocycles. The van der Waals surface area contributed by atoms with Crippen LogP contribution in [0.1, 0.15) is 26.7 Å². The van der Waals surface area contributed by atoms with Crippen LogP contribution in [0.3, 0.4) is 0 Å². The van der Waals surface area contributed by atoms with Crippen LogP contribution in [-0.4, -0.2) is 49.8 Å². The van der Waals surface area contributed by atoms with Crippen molar-refractivity contribution in [3.63, 3.8) is 0 Å². The molecule has 0 radical (unpaired) electrons. The lowest BCUT2D eigenvalue weighted by atomic mass is 10.1. The first-order chi connectivity index (χ1) is 15.5. The zero-order chi connectivity index (χ0) is 22.6. The lowest BCUT2D eigenvalue weighted by molar-refractivity contribution is 0.266. The van der Waals surface area contributed by atoms with E-state index in [0.717, 1.165) is 37.9 Å². The molecule has 0 spiro atoms. The number of nitrogens with one attached hydrogen (secondary N) is 1. The predicted octanol–water partition coefficient (Wildman–Crippen LogP) is 5.05. The quantitative estimate of drug-likeness (QED) is 0.342. The number of hydrogen-bond donors (Lipinski definition) is 1. The maximum absolute atomic E-state index is 13.5. The molecule has 4 rings (SSSR count). The van der Waals surface area contributed by atoms with Crippen molar-refractivity contribution in [2.45, 2.75) is 36.6 Å². The Bertz CT molecular complexity index is 1310. The first-order valence-corrected chi connectivity index (χ1v) is 12.6.